The SMILES string of the molecule is CCOC(=O)c1cccc(Cl)c1OC(C)=O. The Labute approximate surface area is 98.1 Å². The van der Waals surface area contributed by atoms with Gasteiger partial charge >= 0.3 is 11.9 Å². The highest BCUT2D eigenvalue weighted by Gasteiger charge is 2.17. The Morgan fingerprint density at radius 3 is 2.62 bits per heavy atom. The first-order chi connectivity index (χ1) is 7.56. The third-order valence-corrected chi connectivity index (χ3v) is 2.01. The minimum atomic E-state index is -0.568. The summed E-state index contributed by atoms with van der Waals surface area (Å²) in [6.45, 7) is 3.16. The smallest absolute Gasteiger partial charge is 0.341 e. The fraction of sp³-hybridized carbons (Fsp3) is 0.273. The van der Waals surface area contributed by atoms with Gasteiger partial charge in [-0.15, -0.1) is 0 Å². The Hall–Kier alpha value is -1.55. The number of rotatable bonds is 3. The van der Waals surface area contributed by atoms with E-state index in [-0.39, 0.29) is 22.9 Å². The number of carbonyl (C=O) groups is 2. The molecule has 0 aromatic heterocycles. The lowest BCUT2D eigenvalue weighted by Crippen LogP contribution is -2.10. The molecule has 0 fully saturated rings. The van der Waals surface area contributed by atoms with Gasteiger partial charge in [-0.1, -0.05) is 17.7 Å². The second kappa shape index (κ2) is 5.51. The van der Waals surface area contributed by atoms with Gasteiger partial charge in [0.05, 0.1) is 11.6 Å². The third-order valence-electron chi connectivity index (χ3n) is 1.71. The van der Waals surface area contributed by atoms with Crippen molar-refractivity contribution in [3.8, 4) is 5.75 Å². The van der Waals surface area contributed by atoms with Gasteiger partial charge in [-0.2, -0.15) is 0 Å². The second-order valence-corrected chi connectivity index (χ2v) is 3.34. The normalized spacial score (nSPS) is 9.69. The third kappa shape index (κ3) is 2.97. The zero-order chi connectivity index (χ0) is 12.1. The molecular weight excluding hydrogens is 232 g/mol. The number of esters is 2. The molecule has 0 saturated carbocycles. The van der Waals surface area contributed by atoms with Gasteiger partial charge in [0, 0.05) is 6.92 Å². The van der Waals surface area contributed by atoms with Crippen LogP contribution < -0.4 is 4.74 Å². The first-order valence-corrected chi connectivity index (χ1v) is 5.08. The number of carbonyl (C=O) groups excluding carboxylic acids is 2. The van der Waals surface area contributed by atoms with Gasteiger partial charge < -0.3 is 9.47 Å². The van der Waals surface area contributed by atoms with Crippen LogP contribution in [0, 0.1) is 0 Å². The predicted molar refractivity (Wildman–Crippen MR) is 58.7 cm³/mol. The Kier molecular flexibility index (Phi) is 4.31. The number of para-hydroxylation sites is 1. The molecule has 0 radical (unpaired) electrons. The minimum absolute atomic E-state index is 0.0371. The second-order valence-electron chi connectivity index (χ2n) is 2.93. The highest BCUT2D eigenvalue weighted by molar-refractivity contribution is 6.32. The van der Waals surface area contributed by atoms with Crippen molar-refractivity contribution in [3.05, 3.63) is 28.8 Å². The highest BCUT2D eigenvalue weighted by atomic mass is 35.5. The molecule has 0 spiro atoms. The summed E-state index contributed by atoms with van der Waals surface area (Å²) in [5.74, 6) is -1.07. The largest absolute Gasteiger partial charge is 0.462 e. The molecule has 0 unspecified atom stereocenters. The summed E-state index contributed by atoms with van der Waals surface area (Å²) in [7, 11) is 0. The van der Waals surface area contributed by atoms with Crippen molar-refractivity contribution in [2.75, 3.05) is 6.61 Å². The van der Waals surface area contributed by atoms with Gasteiger partial charge in [-0.3, -0.25) is 4.79 Å². The van der Waals surface area contributed by atoms with Crippen LogP contribution in [0.4, 0.5) is 0 Å². The Morgan fingerprint density at radius 1 is 1.38 bits per heavy atom. The molecule has 1 aromatic carbocycles. The van der Waals surface area contributed by atoms with E-state index in [0.717, 1.165) is 0 Å². The molecule has 1 aromatic rings. The van der Waals surface area contributed by atoms with Gasteiger partial charge in [0.2, 0.25) is 0 Å². The van der Waals surface area contributed by atoms with E-state index in [4.69, 9.17) is 21.1 Å². The molecule has 0 aliphatic heterocycles. The topological polar surface area (TPSA) is 52.6 Å². The molecule has 4 nitrogen and oxygen atoms in total. The van der Waals surface area contributed by atoms with Crippen molar-refractivity contribution in [3.63, 3.8) is 0 Å². The lowest BCUT2D eigenvalue weighted by Gasteiger charge is -2.09. The molecule has 0 heterocycles. The van der Waals surface area contributed by atoms with Crippen molar-refractivity contribution in [1.29, 1.82) is 0 Å². The van der Waals surface area contributed by atoms with Gasteiger partial charge in [-0.05, 0) is 19.1 Å². The van der Waals surface area contributed by atoms with Crippen molar-refractivity contribution in [2.24, 2.45) is 0 Å². The summed E-state index contributed by atoms with van der Waals surface area (Å²) in [5.41, 5.74) is 0.143. The molecule has 0 bridgehead atoms. The zero-order valence-electron chi connectivity index (χ0n) is 8.95. The van der Waals surface area contributed by atoms with E-state index in [1.165, 1.54) is 19.1 Å². The summed E-state index contributed by atoms with van der Waals surface area (Å²) in [5, 5.41) is 0.195. The fourth-order valence-corrected chi connectivity index (χ4v) is 1.34. The lowest BCUT2D eigenvalue weighted by molar-refractivity contribution is -0.131. The van der Waals surface area contributed by atoms with E-state index in [1.54, 1.807) is 13.0 Å². The van der Waals surface area contributed by atoms with Crippen LogP contribution in [-0.2, 0) is 9.53 Å². The van der Waals surface area contributed by atoms with Crippen LogP contribution >= 0.6 is 11.6 Å². The molecule has 0 amide bonds. The summed E-state index contributed by atoms with van der Waals surface area (Å²) in [4.78, 5) is 22.4. The fourth-order valence-electron chi connectivity index (χ4n) is 1.13. The summed E-state index contributed by atoms with van der Waals surface area (Å²) in [6.07, 6.45) is 0. The van der Waals surface area contributed by atoms with Gasteiger partial charge in [0.15, 0.2) is 5.75 Å². The maximum absolute atomic E-state index is 11.5. The van der Waals surface area contributed by atoms with Gasteiger partial charge in [-0.25, -0.2) is 4.79 Å². The molecular formula is C11H11ClO4. The standard InChI is InChI=1S/C11H11ClO4/c1-3-15-11(14)8-5-4-6-9(12)10(8)16-7(2)13/h4-6H,3H2,1-2H3. The molecule has 0 atom stereocenters. The van der Waals surface area contributed by atoms with Crippen molar-refractivity contribution in [1.82, 2.24) is 0 Å². The number of hydrogen-bond donors (Lipinski definition) is 0. The maximum atomic E-state index is 11.5. The first kappa shape index (κ1) is 12.5. The number of halogens is 1. The van der Waals surface area contributed by atoms with E-state index < -0.39 is 11.9 Å². The highest BCUT2D eigenvalue weighted by Crippen LogP contribution is 2.29. The summed E-state index contributed by atoms with van der Waals surface area (Å²) in [6, 6.07) is 4.60. The molecule has 1 rings (SSSR count). The quantitative estimate of drug-likeness (QED) is 0.603. The van der Waals surface area contributed by atoms with E-state index in [2.05, 4.69) is 0 Å². The summed E-state index contributed by atoms with van der Waals surface area (Å²) < 4.78 is 9.69. The number of ether oxygens (including phenoxy) is 2. The molecule has 86 valence electrons. The predicted octanol–water partition coefficient (Wildman–Crippen LogP) is 2.44. The average molecular weight is 243 g/mol. The molecule has 16 heavy (non-hydrogen) atoms. The minimum Gasteiger partial charge on any atom is -0.462 e. The average Bonchev–Trinajstić information content (AvgIpc) is 2.20. The van der Waals surface area contributed by atoms with Crippen LogP contribution in [-0.4, -0.2) is 18.5 Å². The zero-order valence-corrected chi connectivity index (χ0v) is 9.71. The Morgan fingerprint density at radius 2 is 2.06 bits per heavy atom. The van der Waals surface area contributed by atoms with Crippen LogP contribution in [0.15, 0.2) is 18.2 Å². The van der Waals surface area contributed by atoms with E-state index in [1.807, 2.05) is 0 Å². The van der Waals surface area contributed by atoms with Crippen LogP contribution in [0.5, 0.6) is 5.75 Å². The molecule has 0 aliphatic rings. The van der Waals surface area contributed by atoms with Gasteiger partial charge in [0.25, 0.3) is 0 Å². The number of benzene rings is 1. The van der Waals surface area contributed by atoms with E-state index >= 15 is 0 Å². The van der Waals surface area contributed by atoms with Crippen molar-refractivity contribution < 1.29 is 19.1 Å². The Bertz CT molecular complexity index is 414. The monoisotopic (exact) mass is 242 g/mol. The lowest BCUT2D eigenvalue weighted by atomic mass is 10.2. The molecule has 0 N–H and O–H groups in total. The first-order valence-electron chi connectivity index (χ1n) is 4.70. The number of hydrogen-bond acceptors (Lipinski definition) is 4. The summed E-state index contributed by atoms with van der Waals surface area (Å²) >= 11 is 5.83. The van der Waals surface area contributed by atoms with Crippen LogP contribution in [0.3, 0.4) is 0 Å². The van der Waals surface area contributed by atoms with Crippen molar-refractivity contribution >= 4 is 23.5 Å². The van der Waals surface area contributed by atoms with E-state index in [9.17, 15) is 9.59 Å². The maximum Gasteiger partial charge on any atom is 0.341 e. The van der Waals surface area contributed by atoms with Crippen LogP contribution in [0.25, 0.3) is 0 Å². The van der Waals surface area contributed by atoms with Crippen LogP contribution in [0.1, 0.15) is 24.2 Å². The molecule has 5 heteroatoms. The Balaban J connectivity index is 3.11. The molecule has 0 saturated heterocycles. The van der Waals surface area contributed by atoms with Crippen LogP contribution in [0.2, 0.25) is 5.02 Å². The van der Waals surface area contributed by atoms with E-state index in [0.29, 0.717) is 0 Å². The molecule has 0 aliphatic carbocycles. The van der Waals surface area contributed by atoms with Gasteiger partial charge in [0.1, 0.15) is 5.56 Å². The van der Waals surface area contributed by atoms with Crippen molar-refractivity contribution in [2.45, 2.75) is 13.8 Å².